The molecule has 0 unspecified atom stereocenters. The molecule has 5 nitrogen and oxygen atoms in total. The zero-order valence-corrected chi connectivity index (χ0v) is 13.4. The molecular formula is C15H18BrNO4. The number of benzene rings is 1. The predicted molar refractivity (Wildman–Crippen MR) is 81.3 cm³/mol. The van der Waals surface area contributed by atoms with Gasteiger partial charge in [0.2, 0.25) is 0 Å². The van der Waals surface area contributed by atoms with Crippen LogP contribution in [-0.2, 0) is 9.59 Å². The third-order valence-corrected chi connectivity index (χ3v) is 4.26. The number of carbonyl (C=O) groups excluding carboxylic acids is 1. The molecule has 6 heteroatoms. The van der Waals surface area contributed by atoms with E-state index in [1.54, 1.807) is 4.90 Å². The highest BCUT2D eigenvalue weighted by Gasteiger charge is 2.27. The van der Waals surface area contributed by atoms with Gasteiger partial charge in [-0.25, -0.2) is 0 Å². The molecule has 1 amide bonds. The van der Waals surface area contributed by atoms with Gasteiger partial charge >= 0.3 is 5.97 Å². The Hall–Kier alpha value is -1.56. The average molecular weight is 356 g/mol. The van der Waals surface area contributed by atoms with Crippen LogP contribution in [-0.4, -0.2) is 41.6 Å². The quantitative estimate of drug-likeness (QED) is 0.900. The van der Waals surface area contributed by atoms with Gasteiger partial charge in [0.25, 0.3) is 5.91 Å². The minimum atomic E-state index is -0.776. The minimum absolute atomic E-state index is 0.0284. The van der Waals surface area contributed by atoms with Crippen molar-refractivity contribution < 1.29 is 19.4 Å². The van der Waals surface area contributed by atoms with E-state index in [0.29, 0.717) is 31.7 Å². The first-order chi connectivity index (χ1) is 9.97. The van der Waals surface area contributed by atoms with E-state index in [9.17, 15) is 9.59 Å². The summed E-state index contributed by atoms with van der Waals surface area (Å²) in [5.74, 6) is -0.580. The number of carboxylic acids is 1. The SMILES string of the molecule is Cc1ccc(OCC(=O)N2CCC(C(=O)O)CC2)c(Br)c1. The summed E-state index contributed by atoms with van der Waals surface area (Å²) in [6.07, 6.45) is 1.02. The van der Waals surface area contributed by atoms with Crippen molar-refractivity contribution in [1.29, 1.82) is 0 Å². The fraction of sp³-hybridized carbons (Fsp3) is 0.467. The van der Waals surface area contributed by atoms with Crippen LogP contribution in [0.2, 0.25) is 0 Å². The highest BCUT2D eigenvalue weighted by Crippen LogP contribution is 2.26. The smallest absolute Gasteiger partial charge is 0.306 e. The third kappa shape index (κ3) is 4.20. The van der Waals surface area contributed by atoms with Gasteiger partial charge in [0.1, 0.15) is 5.75 Å². The number of hydrogen-bond acceptors (Lipinski definition) is 3. The number of ether oxygens (including phenoxy) is 1. The highest BCUT2D eigenvalue weighted by molar-refractivity contribution is 9.10. The fourth-order valence-electron chi connectivity index (χ4n) is 2.33. The van der Waals surface area contributed by atoms with E-state index in [-0.39, 0.29) is 18.4 Å². The number of amides is 1. The van der Waals surface area contributed by atoms with Crippen molar-refractivity contribution >= 4 is 27.8 Å². The lowest BCUT2D eigenvalue weighted by atomic mass is 9.97. The predicted octanol–water partition coefficient (Wildman–Crippen LogP) is 2.46. The molecule has 0 aliphatic carbocycles. The first kappa shape index (κ1) is 15.8. The lowest BCUT2D eigenvalue weighted by Crippen LogP contribution is -2.42. The van der Waals surface area contributed by atoms with E-state index in [1.165, 1.54) is 0 Å². The second kappa shape index (κ2) is 6.93. The normalized spacial score (nSPS) is 15.8. The second-order valence-electron chi connectivity index (χ2n) is 5.22. The Kier molecular flexibility index (Phi) is 5.22. The molecule has 1 aliphatic heterocycles. The standard InChI is InChI=1S/C15H18BrNO4/c1-10-2-3-13(12(16)8-10)21-9-14(18)17-6-4-11(5-7-17)15(19)20/h2-3,8,11H,4-7,9H2,1H3,(H,19,20). The van der Waals surface area contributed by atoms with Gasteiger partial charge in [-0.2, -0.15) is 0 Å². The first-order valence-corrected chi connectivity index (χ1v) is 7.66. The molecule has 114 valence electrons. The lowest BCUT2D eigenvalue weighted by Gasteiger charge is -2.30. The van der Waals surface area contributed by atoms with E-state index in [4.69, 9.17) is 9.84 Å². The molecule has 0 radical (unpaired) electrons. The van der Waals surface area contributed by atoms with Crippen molar-refractivity contribution in [2.75, 3.05) is 19.7 Å². The zero-order chi connectivity index (χ0) is 15.4. The summed E-state index contributed by atoms with van der Waals surface area (Å²) in [6, 6.07) is 5.67. The number of carboxylic acid groups (broad SMARTS) is 1. The van der Waals surface area contributed by atoms with Crippen LogP contribution in [0.3, 0.4) is 0 Å². The molecule has 21 heavy (non-hydrogen) atoms. The van der Waals surface area contributed by atoms with Crippen molar-refractivity contribution in [3.63, 3.8) is 0 Å². The van der Waals surface area contributed by atoms with Gasteiger partial charge in [0, 0.05) is 13.1 Å². The Morgan fingerprint density at radius 3 is 2.62 bits per heavy atom. The molecule has 0 saturated carbocycles. The molecule has 1 fully saturated rings. The number of nitrogens with zero attached hydrogens (tertiary/aromatic N) is 1. The molecule has 0 atom stereocenters. The van der Waals surface area contributed by atoms with Crippen LogP contribution >= 0.6 is 15.9 Å². The van der Waals surface area contributed by atoms with Crippen LogP contribution in [0.1, 0.15) is 18.4 Å². The molecule has 1 aromatic rings. The summed E-state index contributed by atoms with van der Waals surface area (Å²) in [6.45, 7) is 2.91. The molecular weight excluding hydrogens is 338 g/mol. The summed E-state index contributed by atoms with van der Waals surface area (Å²) in [4.78, 5) is 24.6. The number of rotatable bonds is 4. The van der Waals surface area contributed by atoms with Crippen molar-refractivity contribution in [1.82, 2.24) is 4.90 Å². The molecule has 1 N–H and O–H groups in total. The number of piperidine rings is 1. The Labute approximate surface area is 132 Å². The van der Waals surface area contributed by atoms with Gasteiger partial charge in [0.05, 0.1) is 10.4 Å². The maximum absolute atomic E-state index is 12.1. The summed E-state index contributed by atoms with van der Waals surface area (Å²) in [5.41, 5.74) is 1.11. The number of halogens is 1. The molecule has 0 bridgehead atoms. The Balaban J connectivity index is 1.84. The Bertz CT molecular complexity index is 538. The molecule has 1 saturated heterocycles. The van der Waals surface area contributed by atoms with Crippen LogP contribution in [0.4, 0.5) is 0 Å². The summed E-state index contributed by atoms with van der Waals surface area (Å²) in [7, 11) is 0. The van der Waals surface area contributed by atoms with Crippen LogP contribution < -0.4 is 4.74 Å². The van der Waals surface area contributed by atoms with Crippen LogP contribution in [0.25, 0.3) is 0 Å². The van der Waals surface area contributed by atoms with Crippen LogP contribution in [0.15, 0.2) is 22.7 Å². The van der Waals surface area contributed by atoms with Gasteiger partial charge in [-0.1, -0.05) is 6.07 Å². The minimum Gasteiger partial charge on any atom is -0.483 e. The zero-order valence-electron chi connectivity index (χ0n) is 11.8. The van der Waals surface area contributed by atoms with E-state index in [1.807, 2.05) is 25.1 Å². The molecule has 1 aliphatic rings. The molecule has 0 aromatic heterocycles. The maximum Gasteiger partial charge on any atom is 0.306 e. The maximum atomic E-state index is 12.1. The number of likely N-dealkylation sites (tertiary alicyclic amines) is 1. The van der Waals surface area contributed by atoms with E-state index in [2.05, 4.69) is 15.9 Å². The van der Waals surface area contributed by atoms with E-state index < -0.39 is 5.97 Å². The second-order valence-corrected chi connectivity index (χ2v) is 6.07. The van der Waals surface area contributed by atoms with E-state index in [0.717, 1.165) is 10.0 Å². The number of aliphatic carboxylic acids is 1. The van der Waals surface area contributed by atoms with Crippen molar-refractivity contribution in [3.8, 4) is 5.75 Å². The van der Waals surface area contributed by atoms with Crippen molar-refractivity contribution in [2.45, 2.75) is 19.8 Å². The van der Waals surface area contributed by atoms with Gasteiger partial charge in [0.15, 0.2) is 6.61 Å². The fourth-order valence-corrected chi connectivity index (χ4v) is 2.94. The Morgan fingerprint density at radius 2 is 2.05 bits per heavy atom. The highest BCUT2D eigenvalue weighted by atomic mass is 79.9. The lowest BCUT2D eigenvalue weighted by molar-refractivity contribution is -0.146. The van der Waals surface area contributed by atoms with Gasteiger partial charge in [-0.3, -0.25) is 9.59 Å². The molecule has 2 rings (SSSR count). The number of hydrogen-bond donors (Lipinski definition) is 1. The molecule has 1 aromatic carbocycles. The van der Waals surface area contributed by atoms with E-state index >= 15 is 0 Å². The summed E-state index contributed by atoms with van der Waals surface area (Å²) in [5, 5.41) is 8.93. The summed E-state index contributed by atoms with van der Waals surface area (Å²) >= 11 is 3.40. The number of carbonyl (C=O) groups is 2. The van der Waals surface area contributed by atoms with Gasteiger partial charge < -0.3 is 14.7 Å². The van der Waals surface area contributed by atoms with Gasteiger partial charge in [-0.15, -0.1) is 0 Å². The average Bonchev–Trinajstić information content (AvgIpc) is 2.46. The van der Waals surface area contributed by atoms with Gasteiger partial charge in [-0.05, 0) is 53.4 Å². The molecule has 1 heterocycles. The monoisotopic (exact) mass is 355 g/mol. The number of aryl methyl sites for hydroxylation is 1. The van der Waals surface area contributed by atoms with Crippen molar-refractivity contribution in [2.24, 2.45) is 5.92 Å². The van der Waals surface area contributed by atoms with Crippen LogP contribution in [0, 0.1) is 12.8 Å². The first-order valence-electron chi connectivity index (χ1n) is 6.87. The largest absolute Gasteiger partial charge is 0.483 e. The molecule has 0 spiro atoms. The summed E-state index contributed by atoms with van der Waals surface area (Å²) < 4.78 is 6.35. The third-order valence-electron chi connectivity index (χ3n) is 3.64. The topological polar surface area (TPSA) is 66.8 Å². The van der Waals surface area contributed by atoms with Crippen molar-refractivity contribution in [3.05, 3.63) is 28.2 Å². The Morgan fingerprint density at radius 1 is 1.38 bits per heavy atom. The van der Waals surface area contributed by atoms with Crippen LogP contribution in [0.5, 0.6) is 5.75 Å².